The zero-order chi connectivity index (χ0) is 19.2. The first kappa shape index (κ1) is 20.6. The zero-order valence-electron chi connectivity index (χ0n) is 14.5. The van der Waals surface area contributed by atoms with Crippen LogP contribution in [0.25, 0.3) is 5.57 Å². The van der Waals surface area contributed by atoms with Gasteiger partial charge in [-0.15, -0.1) is 11.3 Å². The number of allylic oxidation sites excluding steroid dienone is 4. The van der Waals surface area contributed by atoms with E-state index in [1.54, 1.807) is 19.1 Å². The van der Waals surface area contributed by atoms with Crippen LogP contribution in [0.2, 0.25) is 0 Å². The molecule has 1 saturated heterocycles. The van der Waals surface area contributed by atoms with E-state index in [4.69, 9.17) is 9.47 Å². The van der Waals surface area contributed by atoms with E-state index in [9.17, 15) is 18.0 Å². The fourth-order valence-corrected chi connectivity index (χ4v) is 3.27. The van der Waals surface area contributed by atoms with Crippen LogP contribution >= 0.6 is 11.3 Å². The Labute approximate surface area is 153 Å². The summed E-state index contributed by atoms with van der Waals surface area (Å²) in [6.45, 7) is 4.99. The van der Waals surface area contributed by atoms with E-state index in [1.165, 1.54) is 0 Å². The molecular formula is C17H20F3NO4S. The van der Waals surface area contributed by atoms with Crippen molar-refractivity contribution in [3.63, 3.8) is 0 Å². The minimum atomic E-state index is -4.66. The third kappa shape index (κ3) is 5.65. The molecule has 1 fully saturated rings. The van der Waals surface area contributed by atoms with E-state index in [0.717, 1.165) is 31.0 Å². The molecule has 0 N–H and O–H groups in total. The van der Waals surface area contributed by atoms with E-state index in [2.05, 4.69) is 9.72 Å². The quantitative estimate of drug-likeness (QED) is 0.713. The van der Waals surface area contributed by atoms with Crippen molar-refractivity contribution in [2.45, 2.75) is 39.2 Å². The van der Waals surface area contributed by atoms with E-state index < -0.39 is 22.7 Å². The molecule has 2 heterocycles. The molecule has 0 amide bonds. The lowest BCUT2D eigenvalue weighted by molar-refractivity contribution is -0.141. The monoisotopic (exact) mass is 391 g/mol. The summed E-state index contributed by atoms with van der Waals surface area (Å²) in [5.41, 5.74) is -0.454. The van der Waals surface area contributed by atoms with Gasteiger partial charge in [0.05, 0.1) is 19.8 Å². The number of ether oxygens (including phenoxy) is 3. The Morgan fingerprint density at radius 3 is 2.54 bits per heavy atom. The number of thiazole rings is 1. The van der Waals surface area contributed by atoms with Gasteiger partial charge < -0.3 is 14.2 Å². The lowest BCUT2D eigenvalue weighted by atomic mass is 10.1. The third-order valence-electron chi connectivity index (χ3n) is 3.43. The fourth-order valence-electron chi connectivity index (χ4n) is 2.24. The van der Waals surface area contributed by atoms with Gasteiger partial charge in [0.15, 0.2) is 12.0 Å². The number of hydrogen-bond donors (Lipinski definition) is 0. The summed E-state index contributed by atoms with van der Waals surface area (Å²) in [7, 11) is 0. The number of halogens is 3. The van der Waals surface area contributed by atoms with Crippen LogP contribution in [0, 0.1) is 0 Å². The number of hydrogen-bond acceptors (Lipinski definition) is 6. The van der Waals surface area contributed by atoms with Crippen molar-refractivity contribution in [1.29, 1.82) is 0 Å². The molecular weight excluding hydrogens is 371 g/mol. The Kier molecular flexibility index (Phi) is 7.36. The highest BCUT2D eigenvalue weighted by atomic mass is 32.1. The molecule has 0 unspecified atom stereocenters. The number of carbonyl (C=O) groups is 1. The molecule has 1 aliphatic heterocycles. The maximum Gasteiger partial charge on any atom is 0.435 e. The van der Waals surface area contributed by atoms with Gasteiger partial charge in [0, 0.05) is 0 Å². The van der Waals surface area contributed by atoms with Gasteiger partial charge in [0.25, 0.3) is 0 Å². The van der Waals surface area contributed by atoms with Gasteiger partial charge in [-0.3, -0.25) is 0 Å². The van der Waals surface area contributed by atoms with Crippen LogP contribution < -0.4 is 0 Å². The molecule has 5 nitrogen and oxygen atoms in total. The summed E-state index contributed by atoms with van der Waals surface area (Å²) >= 11 is 0.733. The Bertz CT molecular complexity index is 676. The van der Waals surface area contributed by atoms with Gasteiger partial charge >= 0.3 is 12.1 Å². The highest BCUT2D eigenvalue weighted by Crippen LogP contribution is 2.38. The fraction of sp³-hybridized carbons (Fsp3) is 0.529. The molecule has 26 heavy (non-hydrogen) atoms. The first-order chi connectivity index (χ1) is 12.3. The largest absolute Gasteiger partial charge is 0.462 e. The molecule has 0 spiro atoms. The van der Waals surface area contributed by atoms with Crippen molar-refractivity contribution in [1.82, 2.24) is 4.98 Å². The van der Waals surface area contributed by atoms with Crippen LogP contribution in [-0.4, -0.2) is 37.1 Å². The summed E-state index contributed by atoms with van der Waals surface area (Å²) in [6, 6.07) is 0. The van der Waals surface area contributed by atoms with Crippen LogP contribution in [-0.2, 0) is 20.4 Å². The molecule has 9 heteroatoms. The summed E-state index contributed by atoms with van der Waals surface area (Å²) < 4.78 is 53.3. The van der Waals surface area contributed by atoms with Gasteiger partial charge in [0.2, 0.25) is 0 Å². The Morgan fingerprint density at radius 1 is 1.38 bits per heavy atom. The molecule has 0 atom stereocenters. The van der Waals surface area contributed by atoms with Gasteiger partial charge in [0.1, 0.15) is 9.88 Å². The van der Waals surface area contributed by atoms with Crippen molar-refractivity contribution in [3.05, 3.63) is 33.8 Å². The normalized spacial score (nSPS) is 17.5. The highest BCUT2D eigenvalue weighted by Gasteiger charge is 2.40. The van der Waals surface area contributed by atoms with Crippen molar-refractivity contribution < 1.29 is 32.2 Å². The molecule has 2 aliphatic rings. The summed E-state index contributed by atoms with van der Waals surface area (Å²) in [5, 5.41) is 0.227. The van der Waals surface area contributed by atoms with Crippen molar-refractivity contribution in [2.24, 2.45) is 0 Å². The zero-order valence-corrected chi connectivity index (χ0v) is 15.3. The van der Waals surface area contributed by atoms with Crippen LogP contribution in [0.15, 0.2) is 18.2 Å². The summed E-state index contributed by atoms with van der Waals surface area (Å²) in [5.74, 6) is -0.976. The Hall–Kier alpha value is -1.71. The molecule has 3 rings (SSSR count). The van der Waals surface area contributed by atoms with Gasteiger partial charge in [-0.1, -0.05) is 18.2 Å². The van der Waals surface area contributed by atoms with Crippen LogP contribution in [0.4, 0.5) is 13.2 Å². The minimum absolute atomic E-state index is 0.0226. The summed E-state index contributed by atoms with van der Waals surface area (Å²) in [6.07, 6.45) is 2.17. The molecule has 0 saturated carbocycles. The number of carbonyl (C=O) groups excluding carboxylic acids is 1. The molecule has 1 aromatic rings. The molecule has 0 aromatic carbocycles. The predicted molar refractivity (Wildman–Crippen MR) is 90.8 cm³/mol. The van der Waals surface area contributed by atoms with Crippen LogP contribution in [0.5, 0.6) is 0 Å². The second kappa shape index (κ2) is 9.29. The first-order valence-corrected chi connectivity index (χ1v) is 8.99. The second-order valence-corrected chi connectivity index (χ2v) is 6.38. The lowest BCUT2D eigenvalue weighted by Gasteiger charge is -2.05. The van der Waals surface area contributed by atoms with E-state index in [-0.39, 0.29) is 17.9 Å². The first-order valence-electron chi connectivity index (χ1n) is 8.17. The van der Waals surface area contributed by atoms with Crippen LogP contribution in [0.3, 0.4) is 0 Å². The SMILES string of the molecule is CC1OCCO1.CCOC(=O)c1sc(C2=CC=CCC2)nc1C(F)(F)F. The van der Waals surface area contributed by atoms with E-state index in [0.29, 0.717) is 12.0 Å². The van der Waals surface area contributed by atoms with Gasteiger partial charge in [-0.2, -0.15) is 13.2 Å². The lowest BCUT2D eigenvalue weighted by Crippen LogP contribution is -2.13. The Balaban J connectivity index is 0.000000342. The van der Waals surface area contributed by atoms with Gasteiger partial charge in [-0.25, -0.2) is 9.78 Å². The highest BCUT2D eigenvalue weighted by molar-refractivity contribution is 7.14. The molecule has 1 aliphatic carbocycles. The topological polar surface area (TPSA) is 57.7 Å². The van der Waals surface area contributed by atoms with E-state index in [1.807, 2.05) is 13.0 Å². The summed E-state index contributed by atoms with van der Waals surface area (Å²) in [4.78, 5) is 14.7. The van der Waals surface area contributed by atoms with Crippen molar-refractivity contribution in [2.75, 3.05) is 19.8 Å². The maximum atomic E-state index is 12.9. The third-order valence-corrected chi connectivity index (χ3v) is 4.54. The number of rotatable bonds is 3. The van der Waals surface area contributed by atoms with Crippen LogP contribution in [0.1, 0.15) is 47.1 Å². The van der Waals surface area contributed by atoms with Gasteiger partial charge in [-0.05, 0) is 32.3 Å². The average Bonchev–Trinajstić information content (AvgIpc) is 3.25. The molecule has 144 valence electrons. The Morgan fingerprint density at radius 2 is 2.08 bits per heavy atom. The predicted octanol–water partition coefficient (Wildman–Crippen LogP) is 4.45. The number of aromatic nitrogens is 1. The number of nitrogens with zero attached hydrogens (tertiary/aromatic N) is 1. The minimum Gasteiger partial charge on any atom is -0.462 e. The van der Waals surface area contributed by atoms with Crippen molar-refractivity contribution >= 4 is 22.9 Å². The van der Waals surface area contributed by atoms with E-state index >= 15 is 0 Å². The average molecular weight is 391 g/mol. The molecule has 1 aromatic heterocycles. The second-order valence-electron chi connectivity index (χ2n) is 5.38. The maximum absolute atomic E-state index is 12.9. The number of esters is 1. The standard InChI is InChI=1S/C13H12F3NO2S.C4H8O2/c1-2-19-12(18)9-10(13(14,15)16)17-11(20-9)8-6-4-3-5-7-8;1-4-5-2-3-6-4/h3-4,6H,2,5,7H2,1H3;4H,2-3H2,1H3. The molecule has 0 bridgehead atoms. The van der Waals surface area contributed by atoms with Crippen molar-refractivity contribution in [3.8, 4) is 0 Å². The smallest absolute Gasteiger partial charge is 0.435 e. The molecule has 0 radical (unpaired) electrons. The number of alkyl halides is 3.